The number of rotatable bonds is 6. The van der Waals surface area contributed by atoms with E-state index in [0.29, 0.717) is 35.2 Å². The highest BCUT2D eigenvalue weighted by Gasteiger charge is 2.33. The molecule has 0 N–H and O–H groups in total. The summed E-state index contributed by atoms with van der Waals surface area (Å²) in [4.78, 5) is 15.4. The van der Waals surface area contributed by atoms with Crippen LogP contribution in [0.15, 0.2) is 54.6 Å². The average molecular weight is 466 g/mol. The molecule has 172 valence electrons. The van der Waals surface area contributed by atoms with Gasteiger partial charge in [-0.15, -0.1) is 0 Å². The molecule has 5 nitrogen and oxygen atoms in total. The van der Waals surface area contributed by atoms with E-state index in [4.69, 9.17) is 25.8 Å². The van der Waals surface area contributed by atoms with Gasteiger partial charge in [0.25, 0.3) is 5.91 Å². The number of hydrogen-bond donors (Lipinski definition) is 0. The number of methoxy groups -OCH3 is 2. The van der Waals surface area contributed by atoms with Gasteiger partial charge in [0.1, 0.15) is 12.4 Å². The van der Waals surface area contributed by atoms with Crippen molar-refractivity contribution in [2.24, 2.45) is 0 Å². The first-order valence-electron chi connectivity index (χ1n) is 10.9. The normalized spacial score (nSPS) is 15.1. The highest BCUT2D eigenvalue weighted by atomic mass is 35.5. The number of amides is 1. The van der Waals surface area contributed by atoms with Crippen LogP contribution in [0.4, 0.5) is 0 Å². The molecule has 3 aromatic rings. The lowest BCUT2D eigenvalue weighted by Gasteiger charge is -2.37. The number of halogens is 1. The van der Waals surface area contributed by atoms with Gasteiger partial charge in [0.15, 0.2) is 11.5 Å². The van der Waals surface area contributed by atoms with Crippen molar-refractivity contribution in [1.82, 2.24) is 4.90 Å². The molecular formula is C27H28ClNO4. The Balaban J connectivity index is 1.71. The van der Waals surface area contributed by atoms with Gasteiger partial charge in [0.05, 0.1) is 20.3 Å². The van der Waals surface area contributed by atoms with Crippen molar-refractivity contribution in [2.75, 3.05) is 27.4 Å². The molecule has 6 heteroatoms. The Bertz CT molecular complexity index is 1140. The molecule has 1 atom stereocenters. The molecule has 0 aliphatic carbocycles. The molecule has 1 heterocycles. The van der Waals surface area contributed by atoms with E-state index in [-0.39, 0.29) is 11.9 Å². The molecule has 1 aliphatic heterocycles. The Hall–Kier alpha value is -3.18. The molecule has 1 aliphatic rings. The van der Waals surface area contributed by atoms with Gasteiger partial charge in [-0.1, -0.05) is 17.7 Å². The zero-order valence-electron chi connectivity index (χ0n) is 19.4. The fraction of sp³-hybridized carbons (Fsp3) is 0.296. The number of fused-ring (bicyclic) bond motifs is 1. The number of aryl methyl sites for hydroxylation is 2. The van der Waals surface area contributed by atoms with Gasteiger partial charge in [0, 0.05) is 17.1 Å². The molecule has 0 spiro atoms. The molecule has 0 saturated heterocycles. The average Bonchev–Trinajstić information content (AvgIpc) is 2.80. The van der Waals surface area contributed by atoms with Gasteiger partial charge in [0.2, 0.25) is 0 Å². The third kappa shape index (κ3) is 4.93. The molecule has 0 saturated carbocycles. The summed E-state index contributed by atoms with van der Waals surface area (Å²) in [5.41, 5.74) is 5.00. The molecule has 0 radical (unpaired) electrons. The van der Waals surface area contributed by atoms with E-state index in [1.807, 2.05) is 43.0 Å². The van der Waals surface area contributed by atoms with Crippen LogP contribution in [0.5, 0.6) is 17.2 Å². The second kappa shape index (κ2) is 9.75. The molecule has 33 heavy (non-hydrogen) atoms. The van der Waals surface area contributed by atoms with E-state index in [1.165, 1.54) is 0 Å². The topological polar surface area (TPSA) is 48.0 Å². The van der Waals surface area contributed by atoms with E-state index in [2.05, 4.69) is 6.07 Å². The van der Waals surface area contributed by atoms with Crippen LogP contribution < -0.4 is 14.2 Å². The first-order valence-corrected chi connectivity index (χ1v) is 11.3. The maximum Gasteiger partial charge on any atom is 0.254 e. The van der Waals surface area contributed by atoms with Crippen LogP contribution in [-0.2, 0) is 6.42 Å². The van der Waals surface area contributed by atoms with E-state index in [0.717, 1.165) is 34.4 Å². The first-order chi connectivity index (χ1) is 15.9. The molecule has 0 bridgehead atoms. The summed E-state index contributed by atoms with van der Waals surface area (Å²) >= 11 is 6.03. The summed E-state index contributed by atoms with van der Waals surface area (Å²) in [5, 5.41) is 0.599. The van der Waals surface area contributed by atoms with Gasteiger partial charge in [-0.2, -0.15) is 0 Å². The van der Waals surface area contributed by atoms with Crippen LogP contribution >= 0.6 is 11.6 Å². The first kappa shape index (κ1) is 23.0. The molecule has 1 amide bonds. The van der Waals surface area contributed by atoms with Gasteiger partial charge in [-0.05, 0) is 91.1 Å². The summed E-state index contributed by atoms with van der Waals surface area (Å²) in [6, 6.07) is 16.8. The zero-order chi connectivity index (χ0) is 23.5. The maximum absolute atomic E-state index is 13.5. The lowest BCUT2D eigenvalue weighted by molar-refractivity contribution is 0.0589. The van der Waals surface area contributed by atoms with E-state index in [1.54, 1.807) is 38.5 Å². The SMILES string of the molecule is COc1cc2c(cc1OC)C(COc1cc(C)cc(C)c1)N(C(=O)c1ccc(Cl)cc1)CC2. The summed E-state index contributed by atoms with van der Waals surface area (Å²) in [6.45, 7) is 4.99. The molecule has 1 unspecified atom stereocenters. The number of hydrogen-bond acceptors (Lipinski definition) is 4. The Morgan fingerprint density at radius 1 is 0.970 bits per heavy atom. The third-order valence-corrected chi connectivity index (χ3v) is 6.21. The summed E-state index contributed by atoms with van der Waals surface area (Å²) in [6.07, 6.45) is 0.717. The van der Waals surface area contributed by atoms with Crippen LogP contribution in [0.1, 0.15) is 38.7 Å². The van der Waals surface area contributed by atoms with E-state index in [9.17, 15) is 4.79 Å². The molecule has 0 aromatic heterocycles. The molecular weight excluding hydrogens is 438 g/mol. The predicted molar refractivity (Wildman–Crippen MR) is 130 cm³/mol. The molecule has 3 aromatic carbocycles. The quantitative estimate of drug-likeness (QED) is 0.462. The highest BCUT2D eigenvalue weighted by Crippen LogP contribution is 2.39. The fourth-order valence-corrected chi connectivity index (χ4v) is 4.53. The highest BCUT2D eigenvalue weighted by molar-refractivity contribution is 6.30. The van der Waals surface area contributed by atoms with Crippen LogP contribution in [-0.4, -0.2) is 38.2 Å². The van der Waals surface area contributed by atoms with Crippen molar-refractivity contribution in [3.05, 3.63) is 87.4 Å². The number of ether oxygens (including phenoxy) is 3. The smallest absolute Gasteiger partial charge is 0.254 e. The third-order valence-electron chi connectivity index (χ3n) is 5.96. The van der Waals surface area contributed by atoms with Crippen molar-refractivity contribution in [2.45, 2.75) is 26.3 Å². The Labute approximate surface area is 199 Å². The lowest BCUT2D eigenvalue weighted by atomic mass is 9.91. The van der Waals surface area contributed by atoms with Crippen LogP contribution in [0, 0.1) is 13.8 Å². The van der Waals surface area contributed by atoms with Gasteiger partial charge in [-0.25, -0.2) is 0 Å². The van der Waals surface area contributed by atoms with Crippen molar-refractivity contribution < 1.29 is 19.0 Å². The van der Waals surface area contributed by atoms with Crippen LogP contribution in [0.25, 0.3) is 0 Å². The number of carbonyl (C=O) groups is 1. The number of benzene rings is 3. The van der Waals surface area contributed by atoms with E-state index < -0.39 is 0 Å². The van der Waals surface area contributed by atoms with Crippen molar-refractivity contribution in [3.8, 4) is 17.2 Å². The minimum Gasteiger partial charge on any atom is -0.493 e. The van der Waals surface area contributed by atoms with Gasteiger partial charge in [-0.3, -0.25) is 4.79 Å². The Kier molecular flexibility index (Phi) is 6.80. The predicted octanol–water partition coefficient (Wildman–Crippen LogP) is 5.79. The van der Waals surface area contributed by atoms with Crippen molar-refractivity contribution >= 4 is 17.5 Å². The van der Waals surface area contributed by atoms with Crippen molar-refractivity contribution in [1.29, 1.82) is 0 Å². The summed E-state index contributed by atoms with van der Waals surface area (Å²) in [5.74, 6) is 2.05. The van der Waals surface area contributed by atoms with Gasteiger partial charge < -0.3 is 19.1 Å². The minimum atomic E-state index is -0.280. The van der Waals surface area contributed by atoms with Crippen LogP contribution in [0.2, 0.25) is 5.02 Å². The fourth-order valence-electron chi connectivity index (χ4n) is 4.40. The monoisotopic (exact) mass is 465 g/mol. The zero-order valence-corrected chi connectivity index (χ0v) is 20.1. The van der Waals surface area contributed by atoms with Crippen LogP contribution in [0.3, 0.4) is 0 Å². The maximum atomic E-state index is 13.5. The second-order valence-electron chi connectivity index (χ2n) is 8.31. The molecule has 0 fully saturated rings. The van der Waals surface area contributed by atoms with E-state index >= 15 is 0 Å². The van der Waals surface area contributed by atoms with Gasteiger partial charge >= 0.3 is 0 Å². The Morgan fingerprint density at radius 2 is 1.61 bits per heavy atom. The largest absolute Gasteiger partial charge is 0.493 e. The summed E-state index contributed by atoms with van der Waals surface area (Å²) in [7, 11) is 3.24. The van der Waals surface area contributed by atoms with Crippen molar-refractivity contribution in [3.63, 3.8) is 0 Å². The number of carbonyl (C=O) groups excluding carboxylic acids is 1. The number of nitrogens with zero attached hydrogens (tertiary/aromatic N) is 1. The Morgan fingerprint density at radius 3 is 2.24 bits per heavy atom. The summed E-state index contributed by atoms with van der Waals surface area (Å²) < 4.78 is 17.3. The molecule has 4 rings (SSSR count). The minimum absolute atomic E-state index is 0.0545. The second-order valence-corrected chi connectivity index (χ2v) is 8.75. The lowest BCUT2D eigenvalue weighted by Crippen LogP contribution is -2.42. The standard InChI is InChI=1S/C27H28ClNO4/c1-17-11-18(2)13-22(12-17)33-16-24-23-15-26(32-4)25(31-3)14-20(23)9-10-29(24)27(30)19-5-7-21(28)8-6-19/h5-8,11-15,24H,9-10,16H2,1-4H3.